The Labute approximate surface area is 310 Å². The standard InChI is InChI=1S/C43H50N6O4/c1-27-23-28(2)48-20-17-36(40(48)46-27)43(51)45-26-31-8-12-33(13-9-31)39-15-14-35(53-39)25-34-24-29(3)49-21-18-37(41(49)47-34)42(50)44-19-16-30-6-10-32(11-7-30)38-5-4-22-52-38/h4-5,14-15,17-18,20-24,30-33H,6-13,16,19,25-26H2,1-3H3,(H,44,50)(H,45,51). The van der Waals surface area contributed by atoms with Gasteiger partial charge in [0.15, 0.2) is 0 Å². The lowest BCUT2D eigenvalue weighted by molar-refractivity contribution is 0.0938. The van der Waals surface area contributed by atoms with Gasteiger partial charge < -0.3 is 28.3 Å². The van der Waals surface area contributed by atoms with Crippen molar-refractivity contribution >= 4 is 23.1 Å². The van der Waals surface area contributed by atoms with Gasteiger partial charge >= 0.3 is 0 Å². The van der Waals surface area contributed by atoms with Crippen LogP contribution in [0.15, 0.2) is 76.0 Å². The van der Waals surface area contributed by atoms with Crippen molar-refractivity contribution in [2.75, 3.05) is 13.1 Å². The van der Waals surface area contributed by atoms with Crippen LogP contribution in [-0.2, 0) is 6.42 Å². The van der Waals surface area contributed by atoms with E-state index in [2.05, 4.69) is 39.9 Å². The summed E-state index contributed by atoms with van der Waals surface area (Å²) in [6, 6.07) is 16.1. The Balaban J connectivity index is 0.821. The van der Waals surface area contributed by atoms with Crippen molar-refractivity contribution < 1.29 is 18.4 Å². The summed E-state index contributed by atoms with van der Waals surface area (Å²) in [5.41, 5.74) is 6.51. The third-order valence-corrected chi connectivity index (χ3v) is 11.8. The molecule has 2 amide bonds. The van der Waals surface area contributed by atoms with E-state index in [1.165, 1.54) is 12.8 Å². The summed E-state index contributed by atoms with van der Waals surface area (Å²) < 4.78 is 16.0. The van der Waals surface area contributed by atoms with Gasteiger partial charge in [0.25, 0.3) is 11.8 Å². The molecule has 0 saturated heterocycles. The Morgan fingerprint density at radius 2 is 1.38 bits per heavy atom. The molecule has 6 aromatic rings. The maximum absolute atomic E-state index is 13.3. The third kappa shape index (κ3) is 7.54. The number of rotatable bonds is 11. The predicted octanol–water partition coefficient (Wildman–Crippen LogP) is 8.48. The average Bonchev–Trinajstić information content (AvgIpc) is 3.99. The minimum atomic E-state index is -0.0723. The smallest absolute Gasteiger partial charge is 0.255 e. The molecule has 2 aliphatic rings. The highest BCUT2D eigenvalue weighted by Gasteiger charge is 2.27. The van der Waals surface area contributed by atoms with Gasteiger partial charge in [0.05, 0.1) is 23.1 Å². The molecule has 6 aromatic heterocycles. The summed E-state index contributed by atoms with van der Waals surface area (Å²) >= 11 is 0. The van der Waals surface area contributed by atoms with Gasteiger partial charge in [-0.15, -0.1) is 0 Å². The number of nitrogens with one attached hydrogen (secondary N) is 2. The molecule has 10 nitrogen and oxygen atoms in total. The Kier molecular flexibility index (Phi) is 9.94. The molecule has 2 N–H and O–H groups in total. The summed E-state index contributed by atoms with van der Waals surface area (Å²) in [4.78, 5) is 36.0. The predicted molar refractivity (Wildman–Crippen MR) is 203 cm³/mol. The lowest BCUT2D eigenvalue weighted by Gasteiger charge is -2.27. The van der Waals surface area contributed by atoms with Crippen LogP contribution in [0.2, 0.25) is 0 Å². The second-order valence-corrected chi connectivity index (χ2v) is 15.5. The molecule has 0 unspecified atom stereocenters. The number of amides is 2. The second-order valence-electron chi connectivity index (χ2n) is 15.5. The number of aryl methyl sites for hydroxylation is 3. The maximum Gasteiger partial charge on any atom is 0.255 e. The molecule has 10 heteroatoms. The van der Waals surface area contributed by atoms with Crippen molar-refractivity contribution in [1.29, 1.82) is 0 Å². The van der Waals surface area contributed by atoms with E-state index in [4.69, 9.17) is 13.8 Å². The van der Waals surface area contributed by atoms with Crippen molar-refractivity contribution in [1.82, 2.24) is 29.4 Å². The zero-order valence-corrected chi connectivity index (χ0v) is 31.1. The molecule has 2 saturated carbocycles. The van der Waals surface area contributed by atoms with Crippen LogP contribution in [0.5, 0.6) is 0 Å². The van der Waals surface area contributed by atoms with E-state index in [9.17, 15) is 9.59 Å². The Morgan fingerprint density at radius 1 is 0.736 bits per heavy atom. The number of aromatic nitrogens is 4. The summed E-state index contributed by atoms with van der Waals surface area (Å²) in [5, 5.41) is 6.35. The molecular weight excluding hydrogens is 665 g/mol. The van der Waals surface area contributed by atoms with Gasteiger partial charge in [-0.25, -0.2) is 9.97 Å². The molecule has 0 radical (unpaired) electrons. The number of fused-ring (bicyclic) bond motifs is 2. The molecule has 0 bridgehead atoms. The number of nitrogens with zero attached hydrogens (tertiary/aromatic N) is 4. The highest BCUT2D eigenvalue weighted by Crippen LogP contribution is 2.38. The zero-order chi connectivity index (χ0) is 36.5. The molecule has 0 aromatic carbocycles. The fourth-order valence-corrected chi connectivity index (χ4v) is 8.76. The minimum Gasteiger partial charge on any atom is -0.469 e. The molecule has 0 aliphatic heterocycles. The third-order valence-electron chi connectivity index (χ3n) is 11.8. The van der Waals surface area contributed by atoms with E-state index < -0.39 is 0 Å². The van der Waals surface area contributed by atoms with Crippen molar-refractivity contribution in [2.24, 2.45) is 11.8 Å². The first-order chi connectivity index (χ1) is 25.8. The second kappa shape index (κ2) is 15.1. The first-order valence-electron chi connectivity index (χ1n) is 19.4. The molecule has 53 heavy (non-hydrogen) atoms. The van der Waals surface area contributed by atoms with Crippen LogP contribution in [0.1, 0.15) is 130 Å². The Hall–Kier alpha value is -5.12. The summed E-state index contributed by atoms with van der Waals surface area (Å²) in [6.07, 6.45) is 15.9. The molecule has 2 fully saturated rings. The van der Waals surface area contributed by atoms with E-state index in [-0.39, 0.29) is 11.8 Å². The van der Waals surface area contributed by atoms with E-state index in [0.29, 0.717) is 65.6 Å². The van der Waals surface area contributed by atoms with E-state index >= 15 is 0 Å². The van der Waals surface area contributed by atoms with E-state index in [0.717, 1.165) is 85.0 Å². The van der Waals surface area contributed by atoms with E-state index in [1.807, 2.05) is 66.2 Å². The van der Waals surface area contributed by atoms with Gasteiger partial charge in [-0.05, 0) is 139 Å². The highest BCUT2D eigenvalue weighted by atomic mass is 16.3. The largest absolute Gasteiger partial charge is 0.469 e. The highest BCUT2D eigenvalue weighted by molar-refractivity contribution is 6.00. The van der Waals surface area contributed by atoms with Gasteiger partial charge in [-0.3, -0.25) is 9.59 Å². The fraction of sp³-hybridized carbons (Fsp3) is 0.442. The maximum atomic E-state index is 13.3. The fourth-order valence-electron chi connectivity index (χ4n) is 8.76. The number of hydrogen-bond acceptors (Lipinski definition) is 6. The average molecular weight is 715 g/mol. The molecule has 8 rings (SSSR count). The van der Waals surface area contributed by atoms with Gasteiger partial charge in [-0.2, -0.15) is 0 Å². The molecular formula is C43H50N6O4. The molecule has 0 atom stereocenters. The van der Waals surface area contributed by atoms with E-state index in [1.54, 1.807) is 6.26 Å². The van der Waals surface area contributed by atoms with Gasteiger partial charge in [0.2, 0.25) is 0 Å². The van der Waals surface area contributed by atoms with Crippen molar-refractivity contribution in [3.8, 4) is 0 Å². The topological polar surface area (TPSA) is 119 Å². The normalized spacial score (nSPS) is 20.6. The lowest BCUT2D eigenvalue weighted by atomic mass is 9.79. The van der Waals surface area contributed by atoms with Crippen LogP contribution in [0.3, 0.4) is 0 Å². The number of furan rings is 2. The molecule has 276 valence electrons. The number of hydrogen-bond donors (Lipinski definition) is 2. The van der Waals surface area contributed by atoms with Crippen LogP contribution in [-0.4, -0.2) is 43.7 Å². The minimum absolute atomic E-state index is 0.0621. The number of carbonyl (C=O) groups excluding carboxylic acids is 2. The zero-order valence-electron chi connectivity index (χ0n) is 31.1. The lowest BCUT2D eigenvalue weighted by Crippen LogP contribution is -2.31. The van der Waals surface area contributed by atoms with Gasteiger partial charge in [0.1, 0.15) is 28.6 Å². The number of carbonyl (C=O) groups is 2. The molecule has 2 aliphatic carbocycles. The Bertz CT molecular complexity index is 2210. The van der Waals surface area contributed by atoms with Crippen molar-refractivity contribution in [3.63, 3.8) is 0 Å². The van der Waals surface area contributed by atoms with Crippen LogP contribution < -0.4 is 10.6 Å². The Morgan fingerprint density at radius 3 is 2.08 bits per heavy atom. The van der Waals surface area contributed by atoms with Gasteiger partial charge in [-0.1, -0.05) is 0 Å². The first kappa shape index (κ1) is 34.9. The SMILES string of the molecule is Cc1cc(C)n2ccc(C(=O)NCC3CCC(c4ccc(Cc5cc(C)n6ccc(C(=O)NCCC7CCC(c8ccco8)CC7)c6n5)o4)CC3)c2n1. The van der Waals surface area contributed by atoms with Crippen molar-refractivity contribution in [3.05, 3.63) is 118 Å². The van der Waals surface area contributed by atoms with Gasteiger partial charge in [0, 0.05) is 60.8 Å². The van der Waals surface area contributed by atoms with Crippen molar-refractivity contribution in [2.45, 2.75) is 96.8 Å². The first-order valence-corrected chi connectivity index (χ1v) is 19.4. The van der Waals surface area contributed by atoms with Crippen LogP contribution >= 0.6 is 0 Å². The van der Waals surface area contributed by atoms with Crippen LogP contribution in [0.4, 0.5) is 0 Å². The summed E-state index contributed by atoms with van der Waals surface area (Å²) in [7, 11) is 0. The van der Waals surface area contributed by atoms with Crippen LogP contribution in [0.25, 0.3) is 11.3 Å². The molecule has 6 heterocycles. The molecule has 0 spiro atoms. The summed E-state index contributed by atoms with van der Waals surface area (Å²) in [6.45, 7) is 7.36. The monoisotopic (exact) mass is 714 g/mol. The van der Waals surface area contributed by atoms with Crippen LogP contribution in [0, 0.1) is 32.6 Å². The summed E-state index contributed by atoms with van der Waals surface area (Å²) in [5.74, 6) is 4.83. The quantitative estimate of drug-likeness (QED) is 0.139.